The summed E-state index contributed by atoms with van der Waals surface area (Å²) in [7, 11) is 0. The maximum Gasteiger partial charge on any atom is 0.159 e. The van der Waals surface area contributed by atoms with Crippen LogP contribution in [0.1, 0.15) is 16.7 Å². The van der Waals surface area contributed by atoms with E-state index in [0.717, 1.165) is 17.7 Å². The third-order valence-electron chi connectivity index (χ3n) is 2.76. The molecule has 0 heterocycles. The molecule has 2 aromatic rings. The van der Waals surface area contributed by atoms with Crippen molar-refractivity contribution in [2.45, 2.75) is 20.1 Å². The predicted molar refractivity (Wildman–Crippen MR) is 67.8 cm³/mol. The van der Waals surface area contributed by atoms with Crippen molar-refractivity contribution in [3.8, 4) is 5.75 Å². The van der Waals surface area contributed by atoms with Crippen molar-refractivity contribution in [1.82, 2.24) is 0 Å². The van der Waals surface area contributed by atoms with Crippen LogP contribution in [0.2, 0.25) is 0 Å². The highest BCUT2D eigenvalue weighted by molar-refractivity contribution is 5.36. The number of ether oxygens (including phenoxy) is 1. The third kappa shape index (κ3) is 3.29. The highest BCUT2D eigenvalue weighted by Gasteiger charge is 2.06. The van der Waals surface area contributed by atoms with Crippen molar-refractivity contribution < 1.29 is 18.6 Å². The number of rotatable bonds is 4. The van der Waals surface area contributed by atoms with Crippen LogP contribution in [0.25, 0.3) is 0 Å². The van der Waals surface area contributed by atoms with Gasteiger partial charge in [0, 0.05) is 5.56 Å². The highest BCUT2D eigenvalue weighted by atomic mass is 19.2. The Hall–Kier alpha value is -1.94. The van der Waals surface area contributed by atoms with Crippen molar-refractivity contribution in [2.75, 3.05) is 0 Å². The summed E-state index contributed by atoms with van der Waals surface area (Å²) in [5, 5.41) is 9.23. The number of aryl methyl sites for hydroxylation is 1. The van der Waals surface area contributed by atoms with Gasteiger partial charge in [-0.3, -0.25) is 0 Å². The Morgan fingerprint density at radius 2 is 1.84 bits per heavy atom. The van der Waals surface area contributed by atoms with Crippen LogP contribution in [0, 0.1) is 18.6 Å². The van der Waals surface area contributed by atoms with Gasteiger partial charge in [-0.25, -0.2) is 8.78 Å². The second-order valence-corrected chi connectivity index (χ2v) is 4.31. The summed E-state index contributed by atoms with van der Waals surface area (Å²) >= 11 is 0. The zero-order valence-corrected chi connectivity index (χ0v) is 10.5. The molecule has 2 nitrogen and oxygen atoms in total. The van der Waals surface area contributed by atoms with Gasteiger partial charge in [-0.1, -0.05) is 23.8 Å². The van der Waals surface area contributed by atoms with Gasteiger partial charge in [0.15, 0.2) is 11.6 Å². The van der Waals surface area contributed by atoms with E-state index < -0.39 is 11.6 Å². The van der Waals surface area contributed by atoms with E-state index in [4.69, 9.17) is 4.74 Å². The quantitative estimate of drug-likeness (QED) is 0.917. The molecule has 2 aromatic carbocycles. The van der Waals surface area contributed by atoms with Gasteiger partial charge in [-0.15, -0.1) is 0 Å². The molecule has 100 valence electrons. The monoisotopic (exact) mass is 264 g/mol. The van der Waals surface area contributed by atoms with Crippen LogP contribution in [0.4, 0.5) is 8.78 Å². The Kier molecular flexibility index (Phi) is 4.12. The Bertz CT molecular complexity index is 582. The van der Waals surface area contributed by atoms with Crippen molar-refractivity contribution in [3.05, 3.63) is 64.7 Å². The van der Waals surface area contributed by atoms with Crippen molar-refractivity contribution in [3.63, 3.8) is 0 Å². The van der Waals surface area contributed by atoms with Gasteiger partial charge < -0.3 is 9.84 Å². The van der Waals surface area contributed by atoms with Gasteiger partial charge in [0.05, 0.1) is 6.61 Å². The number of hydrogen-bond donors (Lipinski definition) is 1. The van der Waals surface area contributed by atoms with E-state index in [0.29, 0.717) is 16.9 Å². The first kappa shape index (κ1) is 13.5. The molecule has 0 aliphatic carbocycles. The molecule has 0 atom stereocenters. The van der Waals surface area contributed by atoms with Crippen molar-refractivity contribution in [1.29, 1.82) is 0 Å². The molecule has 0 amide bonds. The standard InChI is InChI=1S/C15H14F2O2/c1-10-2-5-15(12(6-10)8-18)19-9-11-3-4-13(16)14(17)7-11/h2-7,18H,8-9H2,1H3. The summed E-state index contributed by atoms with van der Waals surface area (Å²) in [6, 6.07) is 9.06. The topological polar surface area (TPSA) is 29.5 Å². The van der Waals surface area contributed by atoms with Crippen LogP contribution < -0.4 is 4.74 Å². The molecule has 1 N–H and O–H groups in total. The van der Waals surface area contributed by atoms with Gasteiger partial charge in [0.2, 0.25) is 0 Å². The highest BCUT2D eigenvalue weighted by Crippen LogP contribution is 2.21. The molecule has 0 fully saturated rings. The lowest BCUT2D eigenvalue weighted by Gasteiger charge is -2.11. The smallest absolute Gasteiger partial charge is 0.159 e. The van der Waals surface area contributed by atoms with Gasteiger partial charge in [-0.2, -0.15) is 0 Å². The van der Waals surface area contributed by atoms with E-state index in [2.05, 4.69) is 0 Å². The van der Waals surface area contributed by atoms with Crippen molar-refractivity contribution in [2.24, 2.45) is 0 Å². The van der Waals surface area contributed by atoms with Gasteiger partial charge in [-0.05, 0) is 30.7 Å². The number of halogens is 2. The summed E-state index contributed by atoms with van der Waals surface area (Å²) < 4.78 is 31.3. The fraction of sp³-hybridized carbons (Fsp3) is 0.200. The van der Waals surface area contributed by atoms with Gasteiger partial charge in [0.25, 0.3) is 0 Å². The molecule has 0 aliphatic heterocycles. The lowest BCUT2D eigenvalue weighted by atomic mass is 10.1. The second-order valence-electron chi connectivity index (χ2n) is 4.31. The number of aliphatic hydroxyl groups excluding tert-OH is 1. The maximum atomic E-state index is 13.0. The molecule has 4 heteroatoms. The Morgan fingerprint density at radius 1 is 1.05 bits per heavy atom. The molecule has 0 aliphatic rings. The molecule has 0 radical (unpaired) electrons. The van der Waals surface area contributed by atoms with E-state index in [-0.39, 0.29) is 13.2 Å². The minimum absolute atomic E-state index is 0.118. The Labute approximate surface area is 110 Å². The molecule has 0 saturated heterocycles. The predicted octanol–water partition coefficient (Wildman–Crippen LogP) is 3.34. The summed E-state index contributed by atoms with van der Waals surface area (Å²) in [4.78, 5) is 0. The summed E-state index contributed by atoms with van der Waals surface area (Å²) in [5.74, 6) is -1.24. The lowest BCUT2D eigenvalue weighted by Crippen LogP contribution is -2.00. The largest absolute Gasteiger partial charge is 0.489 e. The van der Waals surface area contributed by atoms with E-state index in [1.54, 1.807) is 6.07 Å². The van der Waals surface area contributed by atoms with Gasteiger partial charge in [0.1, 0.15) is 12.4 Å². The molecule has 19 heavy (non-hydrogen) atoms. The maximum absolute atomic E-state index is 13.0. The Balaban J connectivity index is 2.12. The lowest BCUT2D eigenvalue weighted by molar-refractivity contribution is 0.258. The number of benzene rings is 2. The first-order valence-electron chi connectivity index (χ1n) is 5.87. The second kappa shape index (κ2) is 5.80. The minimum Gasteiger partial charge on any atom is -0.489 e. The van der Waals surface area contributed by atoms with Crippen LogP contribution in [-0.2, 0) is 13.2 Å². The van der Waals surface area contributed by atoms with Crippen LogP contribution in [-0.4, -0.2) is 5.11 Å². The molecule has 0 spiro atoms. The molecule has 0 saturated carbocycles. The summed E-state index contributed by atoms with van der Waals surface area (Å²) in [6.07, 6.45) is 0. The summed E-state index contributed by atoms with van der Waals surface area (Å²) in [5.41, 5.74) is 2.22. The van der Waals surface area contributed by atoms with E-state index in [1.807, 2.05) is 19.1 Å². The van der Waals surface area contributed by atoms with Crippen LogP contribution in [0.5, 0.6) is 5.75 Å². The van der Waals surface area contributed by atoms with Crippen LogP contribution >= 0.6 is 0 Å². The average Bonchev–Trinajstić information content (AvgIpc) is 2.41. The first-order valence-corrected chi connectivity index (χ1v) is 5.87. The van der Waals surface area contributed by atoms with E-state index >= 15 is 0 Å². The van der Waals surface area contributed by atoms with E-state index in [1.165, 1.54) is 6.07 Å². The molecular weight excluding hydrogens is 250 g/mol. The zero-order valence-electron chi connectivity index (χ0n) is 10.5. The minimum atomic E-state index is -0.896. The van der Waals surface area contributed by atoms with Crippen molar-refractivity contribution >= 4 is 0 Å². The fourth-order valence-electron chi connectivity index (χ4n) is 1.76. The number of hydrogen-bond acceptors (Lipinski definition) is 2. The number of aliphatic hydroxyl groups is 1. The van der Waals surface area contributed by atoms with Gasteiger partial charge >= 0.3 is 0 Å². The normalized spacial score (nSPS) is 10.5. The summed E-state index contributed by atoms with van der Waals surface area (Å²) in [6.45, 7) is 1.90. The average molecular weight is 264 g/mol. The fourth-order valence-corrected chi connectivity index (χ4v) is 1.76. The van der Waals surface area contributed by atoms with Crippen LogP contribution in [0.15, 0.2) is 36.4 Å². The van der Waals surface area contributed by atoms with Crippen LogP contribution in [0.3, 0.4) is 0 Å². The molecule has 0 unspecified atom stereocenters. The first-order chi connectivity index (χ1) is 9.10. The molecular formula is C15H14F2O2. The molecule has 2 rings (SSSR count). The zero-order chi connectivity index (χ0) is 13.8. The molecule has 0 bridgehead atoms. The third-order valence-corrected chi connectivity index (χ3v) is 2.76. The Morgan fingerprint density at radius 3 is 2.53 bits per heavy atom. The van der Waals surface area contributed by atoms with E-state index in [9.17, 15) is 13.9 Å². The molecule has 0 aromatic heterocycles. The SMILES string of the molecule is Cc1ccc(OCc2ccc(F)c(F)c2)c(CO)c1.